The van der Waals surface area contributed by atoms with Crippen LogP contribution in [0.4, 0.5) is 0 Å². The highest BCUT2D eigenvalue weighted by Gasteiger charge is 2.21. The maximum Gasteiger partial charge on any atom is 0.260 e. The molecule has 1 saturated carbocycles. The van der Waals surface area contributed by atoms with Crippen LogP contribution in [0.2, 0.25) is 0 Å². The Balaban J connectivity index is 1.45. The van der Waals surface area contributed by atoms with Gasteiger partial charge in [0.15, 0.2) is 18.1 Å². The maximum absolute atomic E-state index is 12.4. The number of likely N-dealkylation sites (N-methyl/N-ethyl adjacent to an activating group) is 1. The summed E-state index contributed by atoms with van der Waals surface area (Å²) in [7, 11) is 3.65. The first kappa shape index (κ1) is 23.4. The van der Waals surface area contributed by atoms with E-state index in [1.165, 1.54) is 12.8 Å². The summed E-state index contributed by atoms with van der Waals surface area (Å²) in [6.45, 7) is 5.52. The van der Waals surface area contributed by atoms with Crippen molar-refractivity contribution in [1.29, 1.82) is 0 Å². The zero-order valence-corrected chi connectivity index (χ0v) is 19.2. The smallest absolute Gasteiger partial charge is 0.260 e. The number of carbonyl (C=O) groups excluding carboxylic acids is 2. The Hall–Kier alpha value is -2.28. The van der Waals surface area contributed by atoms with Crippen LogP contribution in [-0.2, 0) is 16.0 Å². The number of piperazine rings is 1. The van der Waals surface area contributed by atoms with Crippen molar-refractivity contribution in [3.8, 4) is 11.5 Å². The molecule has 0 unspecified atom stereocenters. The van der Waals surface area contributed by atoms with Crippen molar-refractivity contribution < 1.29 is 19.1 Å². The third-order valence-corrected chi connectivity index (χ3v) is 6.46. The standard InChI is InChI=1S/C24H37N3O4/c1-18-4-8-20(9-5-18)25-23(28)11-7-19-6-10-21(22(16-19)30-3)31-17-24(29)27-14-12-26(2)13-15-27/h6,10,16,18,20H,4-5,7-9,11-15,17H2,1-3H3,(H,25,28)/t18-,20-. The number of methoxy groups -OCH3 is 1. The Labute approximate surface area is 186 Å². The zero-order valence-electron chi connectivity index (χ0n) is 19.2. The molecule has 0 radical (unpaired) electrons. The zero-order chi connectivity index (χ0) is 22.2. The van der Waals surface area contributed by atoms with Crippen LogP contribution in [0.1, 0.15) is 44.6 Å². The van der Waals surface area contributed by atoms with Gasteiger partial charge in [-0.05, 0) is 62.8 Å². The molecule has 0 aromatic heterocycles. The largest absolute Gasteiger partial charge is 0.493 e. The number of rotatable bonds is 8. The lowest BCUT2D eigenvalue weighted by Crippen LogP contribution is -2.48. The van der Waals surface area contributed by atoms with E-state index in [0.717, 1.165) is 50.5 Å². The summed E-state index contributed by atoms with van der Waals surface area (Å²) in [6, 6.07) is 5.98. The number of nitrogens with zero attached hydrogens (tertiary/aromatic N) is 2. The summed E-state index contributed by atoms with van der Waals surface area (Å²) in [5.41, 5.74) is 1.02. The second kappa shape index (κ2) is 11.4. The summed E-state index contributed by atoms with van der Waals surface area (Å²) in [5, 5.41) is 3.18. The number of ether oxygens (including phenoxy) is 2. The summed E-state index contributed by atoms with van der Waals surface area (Å²) in [5.74, 6) is 2.02. The Morgan fingerprint density at radius 3 is 2.45 bits per heavy atom. The Kier molecular flexibility index (Phi) is 8.58. The van der Waals surface area contributed by atoms with Gasteiger partial charge in [0, 0.05) is 38.6 Å². The highest BCUT2D eigenvalue weighted by Crippen LogP contribution is 2.29. The van der Waals surface area contributed by atoms with Gasteiger partial charge in [-0.2, -0.15) is 0 Å². The van der Waals surface area contributed by atoms with Gasteiger partial charge in [-0.15, -0.1) is 0 Å². The van der Waals surface area contributed by atoms with E-state index < -0.39 is 0 Å². The van der Waals surface area contributed by atoms with E-state index in [9.17, 15) is 9.59 Å². The highest BCUT2D eigenvalue weighted by molar-refractivity contribution is 5.78. The van der Waals surface area contributed by atoms with Crippen molar-refractivity contribution in [3.05, 3.63) is 23.8 Å². The molecule has 1 aromatic carbocycles. The predicted molar refractivity (Wildman–Crippen MR) is 120 cm³/mol. The highest BCUT2D eigenvalue weighted by atomic mass is 16.5. The monoisotopic (exact) mass is 431 g/mol. The van der Waals surface area contributed by atoms with Gasteiger partial charge in [0.05, 0.1) is 7.11 Å². The first-order valence-electron chi connectivity index (χ1n) is 11.5. The minimum Gasteiger partial charge on any atom is -0.493 e. The van der Waals surface area contributed by atoms with Crippen LogP contribution in [0, 0.1) is 5.92 Å². The van der Waals surface area contributed by atoms with Crippen molar-refractivity contribution in [2.75, 3.05) is 46.9 Å². The van der Waals surface area contributed by atoms with Gasteiger partial charge >= 0.3 is 0 Å². The number of carbonyl (C=O) groups is 2. The van der Waals surface area contributed by atoms with Crippen LogP contribution in [0.5, 0.6) is 11.5 Å². The summed E-state index contributed by atoms with van der Waals surface area (Å²) in [4.78, 5) is 28.8. The van der Waals surface area contributed by atoms with Gasteiger partial charge in [-0.25, -0.2) is 0 Å². The van der Waals surface area contributed by atoms with Crippen molar-refractivity contribution >= 4 is 11.8 Å². The molecular formula is C24H37N3O4. The minimum absolute atomic E-state index is 0.00182. The molecule has 172 valence electrons. The number of benzene rings is 1. The predicted octanol–water partition coefficient (Wildman–Crippen LogP) is 2.48. The van der Waals surface area contributed by atoms with Gasteiger partial charge < -0.3 is 24.6 Å². The normalized spacial score (nSPS) is 22.1. The maximum atomic E-state index is 12.4. The molecule has 1 N–H and O–H groups in total. The van der Waals surface area contributed by atoms with E-state index in [-0.39, 0.29) is 18.4 Å². The van der Waals surface area contributed by atoms with Crippen LogP contribution in [0.25, 0.3) is 0 Å². The Bertz CT molecular complexity index is 738. The van der Waals surface area contributed by atoms with Crippen LogP contribution < -0.4 is 14.8 Å². The molecule has 2 amide bonds. The molecule has 1 aliphatic heterocycles. The SMILES string of the molecule is COc1cc(CCC(=O)N[C@H]2CC[C@H](C)CC2)ccc1OCC(=O)N1CCN(C)CC1. The second-order valence-electron chi connectivity index (χ2n) is 8.98. The molecule has 1 saturated heterocycles. The fourth-order valence-corrected chi connectivity index (χ4v) is 4.24. The number of hydrogen-bond acceptors (Lipinski definition) is 5. The topological polar surface area (TPSA) is 71.1 Å². The van der Waals surface area contributed by atoms with Gasteiger partial charge in [-0.1, -0.05) is 13.0 Å². The van der Waals surface area contributed by atoms with Gasteiger partial charge in [0.25, 0.3) is 5.91 Å². The minimum atomic E-state index is -0.00647. The molecule has 2 aliphatic rings. The molecule has 7 nitrogen and oxygen atoms in total. The van der Waals surface area contributed by atoms with Crippen molar-refractivity contribution in [3.63, 3.8) is 0 Å². The second-order valence-corrected chi connectivity index (χ2v) is 8.98. The fraction of sp³-hybridized carbons (Fsp3) is 0.667. The van der Waals surface area contributed by atoms with E-state index >= 15 is 0 Å². The van der Waals surface area contributed by atoms with E-state index in [1.807, 2.05) is 23.1 Å². The molecule has 31 heavy (non-hydrogen) atoms. The lowest BCUT2D eigenvalue weighted by Gasteiger charge is -2.32. The third-order valence-electron chi connectivity index (χ3n) is 6.46. The molecule has 7 heteroatoms. The van der Waals surface area contributed by atoms with Crippen LogP contribution in [-0.4, -0.2) is 74.6 Å². The molecule has 0 atom stereocenters. The molecule has 0 spiro atoms. The molecular weight excluding hydrogens is 394 g/mol. The lowest BCUT2D eigenvalue weighted by atomic mass is 9.87. The molecule has 3 rings (SSSR count). The molecule has 1 heterocycles. The average Bonchev–Trinajstić information content (AvgIpc) is 2.78. The Morgan fingerprint density at radius 1 is 1.06 bits per heavy atom. The quantitative estimate of drug-likeness (QED) is 0.685. The number of nitrogens with one attached hydrogen (secondary N) is 1. The fourth-order valence-electron chi connectivity index (χ4n) is 4.24. The van der Waals surface area contributed by atoms with Gasteiger partial charge in [0.1, 0.15) is 0 Å². The van der Waals surface area contributed by atoms with Gasteiger partial charge in [-0.3, -0.25) is 9.59 Å². The number of aryl methyl sites for hydroxylation is 1. The summed E-state index contributed by atoms with van der Waals surface area (Å²) >= 11 is 0. The molecule has 0 bridgehead atoms. The molecule has 1 aromatic rings. The van der Waals surface area contributed by atoms with Crippen molar-refractivity contribution in [2.24, 2.45) is 5.92 Å². The van der Waals surface area contributed by atoms with Crippen LogP contribution in [0.15, 0.2) is 18.2 Å². The summed E-state index contributed by atoms with van der Waals surface area (Å²) < 4.78 is 11.2. The Morgan fingerprint density at radius 2 is 1.77 bits per heavy atom. The molecule has 1 aliphatic carbocycles. The van der Waals surface area contributed by atoms with E-state index in [0.29, 0.717) is 30.4 Å². The third kappa shape index (κ3) is 7.13. The first-order valence-corrected chi connectivity index (χ1v) is 11.5. The van der Waals surface area contributed by atoms with Gasteiger partial charge in [0.2, 0.25) is 5.91 Å². The summed E-state index contributed by atoms with van der Waals surface area (Å²) in [6.07, 6.45) is 5.66. The van der Waals surface area contributed by atoms with Crippen molar-refractivity contribution in [1.82, 2.24) is 15.1 Å². The average molecular weight is 432 g/mol. The van der Waals surface area contributed by atoms with E-state index in [4.69, 9.17) is 9.47 Å². The first-order chi connectivity index (χ1) is 14.9. The lowest BCUT2D eigenvalue weighted by molar-refractivity contribution is -0.135. The van der Waals surface area contributed by atoms with Crippen LogP contribution in [0.3, 0.4) is 0 Å². The van der Waals surface area contributed by atoms with Crippen LogP contribution >= 0.6 is 0 Å². The van der Waals surface area contributed by atoms with Crippen molar-refractivity contribution in [2.45, 2.75) is 51.5 Å². The van der Waals surface area contributed by atoms with E-state index in [1.54, 1.807) is 7.11 Å². The number of amides is 2. The number of hydrogen-bond donors (Lipinski definition) is 1. The molecule has 2 fully saturated rings. The van der Waals surface area contributed by atoms with E-state index in [2.05, 4.69) is 24.2 Å².